The zero-order chi connectivity index (χ0) is 21.3. The molecule has 4 rings (SSSR count). The van der Waals surface area contributed by atoms with Crippen LogP contribution in [0.2, 0.25) is 0 Å². The standard InChI is InChI=1S/C19H21N7O4/c1-11(27)22-15-10-26-9-12(2-3-16(26)24-15)14-8-21-17(20)18(23-14)30-13-4-6-25(7-5-13)19(28)29/h2-3,8-10,13H,4-7H2,1H3,(H2,20,21)(H,22,27)(H,28,29). The van der Waals surface area contributed by atoms with Gasteiger partial charge in [0.1, 0.15) is 11.8 Å². The molecule has 0 atom stereocenters. The number of hydrogen-bond acceptors (Lipinski definition) is 7. The normalized spacial score (nSPS) is 14.6. The summed E-state index contributed by atoms with van der Waals surface area (Å²) in [5, 5.41) is 11.7. The van der Waals surface area contributed by atoms with Crippen LogP contribution in [0.15, 0.2) is 30.7 Å². The number of carboxylic acid groups (broad SMARTS) is 1. The average Bonchev–Trinajstić information content (AvgIpc) is 3.10. The molecule has 0 aromatic carbocycles. The van der Waals surface area contributed by atoms with Gasteiger partial charge in [0.2, 0.25) is 5.91 Å². The first-order valence-corrected chi connectivity index (χ1v) is 9.43. The SMILES string of the molecule is CC(=O)Nc1cn2cc(-c3cnc(N)c(OC4CCN(C(=O)O)CC4)n3)ccc2n1. The van der Waals surface area contributed by atoms with Gasteiger partial charge in [0.15, 0.2) is 11.6 Å². The van der Waals surface area contributed by atoms with Gasteiger partial charge >= 0.3 is 6.09 Å². The summed E-state index contributed by atoms with van der Waals surface area (Å²) in [7, 11) is 0. The van der Waals surface area contributed by atoms with E-state index in [2.05, 4.69) is 20.3 Å². The molecule has 0 saturated carbocycles. The molecule has 0 radical (unpaired) electrons. The molecule has 0 spiro atoms. The molecule has 1 aliphatic heterocycles. The van der Waals surface area contributed by atoms with Crippen LogP contribution in [0, 0.1) is 0 Å². The lowest BCUT2D eigenvalue weighted by molar-refractivity contribution is -0.114. The minimum atomic E-state index is -0.925. The predicted octanol–water partition coefficient (Wildman–Crippen LogP) is 1.85. The predicted molar refractivity (Wildman–Crippen MR) is 108 cm³/mol. The molecule has 1 aliphatic rings. The summed E-state index contributed by atoms with van der Waals surface area (Å²) in [5.41, 5.74) is 7.95. The number of nitrogens with one attached hydrogen (secondary N) is 1. The van der Waals surface area contributed by atoms with Crippen LogP contribution in [0.25, 0.3) is 16.9 Å². The Hall–Kier alpha value is -3.89. The highest BCUT2D eigenvalue weighted by atomic mass is 16.5. The molecule has 0 unspecified atom stereocenters. The number of amides is 2. The largest absolute Gasteiger partial charge is 0.472 e. The number of fused-ring (bicyclic) bond motifs is 1. The minimum absolute atomic E-state index is 0.177. The van der Waals surface area contributed by atoms with Crippen molar-refractivity contribution in [2.45, 2.75) is 25.9 Å². The highest BCUT2D eigenvalue weighted by molar-refractivity contribution is 5.87. The average molecular weight is 411 g/mol. The number of likely N-dealkylation sites (tertiary alicyclic amines) is 1. The van der Waals surface area contributed by atoms with Crippen molar-refractivity contribution in [3.63, 3.8) is 0 Å². The molecule has 1 saturated heterocycles. The highest BCUT2D eigenvalue weighted by Gasteiger charge is 2.24. The zero-order valence-corrected chi connectivity index (χ0v) is 16.3. The summed E-state index contributed by atoms with van der Waals surface area (Å²) in [6.07, 6.45) is 5.11. The van der Waals surface area contributed by atoms with E-state index in [0.29, 0.717) is 43.1 Å². The van der Waals surface area contributed by atoms with Crippen molar-refractivity contribution in [3.8, 4) is 17.1 Å². The number of carbonyl (C=O) groups is 2. The molecule has 2 amide bonds. The number of hydrogen-bond donors (Lipinski definition) is 3. The van der Waals surface area contributed by atoms with Crippen molar-refractivity contribution in [1.82, 2.24) is 24.3 Å². The number of pyridine rings is 1. The van der Waals surface area contributed by atoms with Crippen LogP contribution >= 0.6 is 0 Å². The van der Waals surface area contributed by atoms with Gasteiger partial charge in [0.05, 0.1) is 18.1 Å². The Kier molecular flexibility index (Phi) is 5.09. The number of imidazole rings is 1. The third kappa shape index (κ3) is 4.09. The van der Waals surface area contributed by atoms with E-state index < -0.39 is 6.09 Å². The summed E-state index contributed by atoms with van der Waals surface area (Å²) in [6.45, 7) is 2.23. The van der Waals surface area contributed by atoms with Gasteiger partial charge in [-0.2, -0.15) is 0 Å². The maximum Gasteiger partial charge on any atom is 0.407 e. The molecular weight excluding hydrogens is 390 g/mol. The van der Waals surface area contributed by atoms with Gasteiger partial charge < -0.3 is 30.2 Å². The highest BCUT2D eigenvalue weighted by Crippen LogP contribution is 2.26. The van der Waals surface area contributed by atoms with Crippen molar-refractivity contribution in [1.29, 1.82) is 0 Å². The maximum atomic E-state index is 11.2. The molecule has 0 aliphatic carbocycles. The fourth-order valence-corrected chi connectivity index (χ4v) is 3.31. The van der Waals surface area contributed by atoms with E-state index in [0.717, 1.165) is 5.56 Å². The molecule has 11 nitrogen and oxygen atoms in total. The number of anilines is 2. The third-order valence-corrected chi connectivity index (χ3v) is 4.81. The van der Waals surface area contributed by atoms with E-state index in [-0.39, 0.29) is 23.7 Å². The quantitative estimate of drug-likeness (QED) is 0.589. The van der Waals surface area contributed by atoms with Crippen molar-refractivity contribution in [2.75, 3.05) is 24.1 Å². The number of carbonyl (C=O) groups excluding carboxylic acids is 1. The van der Waals surface area contributed by atoms with Gasteiger partial charge in [-0.05, 0) is 12.1 Å². The first kappa shape index (κ1) is 19.4. The van der Waals surface area contributed by atoms with Crippen LogP contribution in [0.3, 0.4) is 0 Å². The number of ether oxygens (including phenoxy) is 1. The lowest BCUT2D eigenvalue weighted by Crippen LogP contribution is -2.41. The number of nitrogens with zero attached hydrogens (tertiary/aromatic N) is 5. The van der Waals surface area contributed by atoms with Crippen LogP contribution in [-0.2, 0) is 4.79 Å². The summed E-state index contributed by atoms with van der Waals surface area (Å²) < 4.78 is 7.71. The number of nitrogen functional groups attached to an aromatic ring is 1. The van der Waals surface area contributed by atoms with E-state index in [1.165, 1.54) is 11.8 Å². The van der Waals surface area contributed by atoms with Gasteiger partial charge in [-0.15, -0.1) is 0 Å². The smallest absolute Gasteiger partial charge is 0.407 e. The summed E-state index contributed by atoms with van der Waals surface area (Å²) in [6, 6.07) is 3.65. The molecule has 3 aromatic rings. The van der Waals surface area contributed by atoms with E-state index in [1.54, 1.807) is 22.9 Å². The van der Waals surface area contributed by atoms with Gasteiger partial charge in [0.25, 0.3) is 5.88 Å². The molecule has 30 heavy (non-hydrogen) atoms. The second-order valence-corrected chi connectivity index (χ2v) is 7.02. The Morgan fingerprint density at radius 1 is 1.23 bits per heavy atom. The summed E-state index contributed by atoms with van der Waals surface area (Å²) >= 11 is 0. The first-order chi connectivity index (χ1) is 14.4. The third-order valence-electron chi connectivity index (χ3n) is 4.81. The number of rotatable bonds is 4. The second-order valence-electron chi connectivity index (χ2n) is 7.02. The van der Waals surface area contributed by atoms with Gasteiger partial charge in [-0.3, -0.25) is 4.79 Å². The Bertz CT molecular complexity index is 1110. The molecule has 4 N–H and O–H groups in total. The lowest BCUT2D eigenvalue weighted by Gasteiger charge is -2.30. The number of piperidine rings is 1. The molecule has 0 bridgehead atoms. The van der Waals surface area contributed by atoms with Crippen LogP contribution in [-0.4, -0.2) is 60.6 Å². The lowest BCUT2D eigenvalue weighted by atomic mass is 10.1. The van der Waals surface area contributed by atoms with Gasteiger partial charge in [0, 0.05) is 44.6 Å². The van der Waals surface area contributed by atoms with Crippen LogP contribution in [0.1, 0.15) is 19.8 Å². The second kappa shape index (κ2) is 7.85. The fourth-order valence-electron chi connectivity index (χ4n) is 3.31. The molecule has 1 fully saturated rings. The van der Waals surface area contributed by atoms with E-state index in [1.807, 2.05) is 12.3 Å². The fraction of sp³-hybridized carbons (Fsp3) is 0.316. The van der Waals surface area contributed by atoms with Gasteiger partial charge in [-0.25, -0.2) is 19.7 Å². The Labute approximate surface area is 171 Å². The summed E-state index contributed by atoms with van der Waals surface area (Å²) in [5.74, 6) is 0.667. The van der Waals surface area contributed by atoms with Crippen molar-refractivity contribution < 1.29 is 19.4 Å². The number of aromatic nitrogens is 4. The van der Waals surface area contributed by atoms with E-state index in [4.69, 9.17) is 15.6 Å². The molecule has 3 aromatic heterocycles. The Morgan fingerprint density at radius 3 is 2.70 bits per heavy atom. The van der Waals surface area contributed by atoms with E-state index >= 15 is 0 Å². The Morgan fingerprint density at radius 2 is 2.00 bits per heavy atom. The molecular formula is C19H21N7O4. The Balaban J connectivity index is 1.54. The maximum absolute atomic E-state index is 11.2. The van der Waals surface area contributed by atoms with Crippen molar-refractivity contribution in [3.05, 3.63) is 30.7 Å². The topological polar surface area (TPSA) is 148 Å². The number of nitrogens with two attached hydrogens (primary N) is 1. The van der Waals surface area contributed by atoms with Crippen LogP contribution in [0.5, 0.6) is 5.88 Å². The van der Waals surface area contributed by atoms with Gasteiger partial charge in [-0.1, -0.05) is 0 Å². The zero-order valence-electron chi connectivity index (χ0n) is 16.3. The molecule has 11 heteroatoms. The van der Waals surface area contributed by atoms with E-state index in [9.17, 15) is 9.59 Å². The molecule has 4 heterocycles. The van der Waals surface area contributed by atoms with Crippen LogP contribution in [0.4, 0.5) is 16.4 Å². The molecule has 156 valence electrons. The van der Waals surface area contributed by atoms with Crippen LogP contribution < -0.4 is 15.8 Å². The first-order valence-electron chi connectivity index (χ1n) is 9.43. The van der Waals surface area contributed by atoms with Crippen molar-refractivity contribution in [2.24, 2.45) is 0 Å². The van der Waals surface area contributed by atoms with Crippen molar-refractivity contribution >= 4 is 29.3 Å². The minimum Gasteiger partial charge on any atom is -0.472 e. The monoisotopic (exact) mass is 411 g/mol. The summed E-state index contributed by atoms with van der Waals surface area (Å²) in [4.78, 5) is 36.6.